The molecule has 4 aromatic rings. The van der Waals surface area contributed by atoms with Gasteiger partial charge in [0, 0.05) is 5.92 Å². The number of benzene rings is 4. The van der Waals surface area contributed by atoms with E-state index in [0.717, 1.165) is 41.5 Å². The molecule has 2 nitrogen and oxygen atoms in total. The van der Waals surface area contributed by atoms with Crippen LogP contribution < -0.4 is 0 Å². The van der Waals surface area contributed by atoms with Gasteiger partial charge >= 0.3 is 0 Å². The highest BCUT2D eigenvalue weighted by Crippen LogP contribution is 2.43. The third-order valence-corrected chi connectivity index (χ3v) is 6.74. The van der Waals surface area contributed by atoms with Gasteiger partial charge < -0.3 is 10.2 Å². The molecule has 180 valence electrons. The number of hydrogen-bond acceptors (Lipinski definition) is 2. The van der Waals surface area contributed by atoms with Crippen LogP contribution in [-0.4, -0.2) is 10.2 Å². The highest BCUT2D eigenvalue weighted by atomic mass is 16.3. The van der Waals surface area contributed by atoms with Gasteiger partial charge in [-0.15, -0.1) is 0 Å². The quantitative estimate of drug-likeness (QED) is 0.286. The lowest BCUT2D eigenvalue weighted by atomic mass is 9.79. The summed E-state index contributed by atoms with van der Waals surface area (Å²) < 4.78 is 0. The molecule has 0 amide bonds. The minimum absolute atomic E-state index is 0.128. The van der Waals surface area contributed by atoms with Gasteiger partial charge in [-0.3, -0.25) is 0 Å². The Balaban J connectivity index is 1.96. The normalized spacial score (nSPS) is 11.3. The van der Waals surface area contributed by atoms with Gasteiger partial charge in [-0.1, -0.05) is 90.6 Å². The SMILES string of the molecule is CCCCC(c1ccc(O)cc1-c1cc(C)cc(C)c1)c1ccc(O)cc1-c1cc(C)cc(C)c1. The smallest absolute Gasteiger partial charge is 0.116 e. The Hall–Kier alpha value is -3.52. The van der Waals surface area contributed by atoms with E-state index in [2.05, 4.69) is 83.1 Å². The summed E-state index contributed by atoms with van der Waals surface area (Å²) in [5.41, 5.74) is 11.6. The summed E-state index contributed by atoms with van der Waals surface area (Å²) in [7, 11) is 0. The first kappa shape index (κ1) is 24.6. The summed E-state index contributed by atoms with van der Waals surface area (Å²) in [6.07, 6.45) is 3.18. The van der Waals surface area contributed by atoms with Gasteiger partial charge in [0.25, 0.3) is 0 Å². The molecule has 0 saturated heterocycles. The Bertz CT molecular complexity index is 1210. The van der Waals surface area contributed by atoms with Crippen molar-refractivity contribution < 1.29 is 10.2 Å². The predicted octanol–water partition coefficient (Wildman–Crippen LogP) is 8.99. The van der Waals surface area contributed by atoms with Gasteiger partial charge in [0.1, 0.15) is 11.5 Å². The molecule has 0 fully saturated rings. The first-order chi connectivity index (χ1) is 16.7. The molecule has 0 atom stereocenters. The molecule has 35 heavy (non-hydrogen) atoms. The average molecular weight is 465 g/mol. The lowest BCUT2D eigenvalue weighted by Crippen LogP contribution is -2.06. The second-order valence-corrected chi connectivity index (χ2v) is 9.99. The van der Waals surface area contributed by atoms with Crippen LogP contribution in [0.5, 0.6) is 11.5 Å². The molecule has 0 aliphatic heterocycles. The van der Waals surface area contributed by atoms with E-state index in [1.54, 1.807) is 12.1 Å². The topological polar surface area (TPSA) is 40.5 Å². The highest BCUT2D eigenvalue weighted by molar-refractivity contribution is 5.76. The van der Waals surface area contributed by atoms with Gasteiger partial charge in [0.2, 0.25) is 0 Å². The molecule has 0 unspecified atom stereocenters. The van der Waals surface area contributed by atoms with Gasteiger partial charge in [-0.05, 0) is 91.8 Å². The molecule has 0 bridgehead atoms. The molecule has 0 aliphatic rings. The van der Waals surface area contributed by atoms with E-state index >= 15 is 0 Å². The van der Waals surface area contributed by atoms with E-state index in [4.69, 9.17) is 0 Å². The van der Waals surface area contributed by atoms with Crippen LogP contribution in [0.2, 0.25) is 0 Å². The molecule has 0 aromatic heterocycles. The number of phenols is 2. The summed E-state index contributed by atoms with van der Waals surface area (Å²) in [5, 5.41) is 20.9. The van der Waals surface area contributed by atoms with E-state index in [0.29, 0.717) is 0 Å². The first-order valence-corrected chi connectivity index (χ1v) is 12.6. The first-order valence-electron chi connectivity index (χ1n) is 12.6. The van der Waals surface area contributed by atoms with Gasteiger partial charge in [0.15, 0.2) is 0 Å². The minimum Gasteiger partial charge on any atom is -0.508 e. The average Bonchev–Trinajstić information content (AvgIpc) is 2.79. The van der Waals surface area contributed by atoms with Gasteiger partial charge in [0.05, 0.1) is 0 Å². The van der Waals surface area contributed by atoms with Crippen LogP contribution in [0.25, 0.3) is 22.3 Å². The molecule has 0 aliphatic carbocycles. The molecule has 0 spiro atoms. The Morgan fingerprint density at radius 3 is 1.34 bits per heavy atom. The van der Waals surface area contributed by atoms with Crippen LogP contribution >= 0.6 is 0 Å². The van der Waals surface area contributed by atoms with Crippen molar-refractivity contribution in [2.24, 2.45) is 0 Å². The maximum atomic E-state index is 10.5. The number of aromatic hydroxyl groups is 2. The van der Waals surface area contributed by atoms with Gasteiger partial charge in [-0.25, -0.2) is 0 Å². The molecule has 2 heteroatoms. The largest absolute Gasteiger partial charge is 0.508 e. The van der Waals surface area contributed by atoms with Crippen molar-refractivity contribution in [1.82, 2.24) is 0 Å². The number of aryl methyl sites for hydroxylation is 4. The Kier molecular flexibility index (Phi) is 7.31. The number of unbranched alkanes of at least 4 members (excludes halogenated alkanes) is 1. The number of hydrogen-bond donors (Lipinski definition) is 2. The van der Waals surface area contributed by atoms with Crippen molar-refractivity contribution in [1.29, 1.82) is 0 Å². The van der Waals surface area contributed by atoms with Crippen LogP contribution in [-0.2, 0) is 0 Å². The van der Waals surface area contributed by atoms with Crippen molar-refractivity contribution in [3.63, 3.8) is 0 Å². The van der Waals surface area contributed by atoms with E-state index in [1.807, 2.05) is 12.1 Å². The van der Waals surface area contributed by atoms with Crippen molar-refractivity contribution >= 4 is 0 Å². The lowest BCUT2D eigenvalue weighted by Gasteiger charge is -2.25. The Morgan fingerprint density at radius 1 is 0.571 bits per heavy atom. The number of rotatable bonds is 7. The maximum Gasteiger partial charge on any atom is 0.116 e. The zero-order valence-corrected chi connectivity index (χ0v) is 21.5. The Morgan fingerprint density at radius 2 is 0.971 bits per heavy atom. The van der Waals surface area contributed by atoms with Crippen molar-refractivity contribution in [2.75, 3.05) is 0 Å². The zero-order valence-electron chi connectivity index (χ0n) is 21.5. The van der Waals surface area contributed by atoms with Crippen molar-refractivity contribution in [3.8, 4) is 33.8 Å². The maximum absolute atomic E-state index is 10.5. The second-order valence-electron chi connectivity index (χ2n) is 9.99. The third-order valence-electron chi connectivity index (χ3n) is 6.74. The van der Waals surface area contributed by atoms with Crippen LogP contribution in [0.3, 0.4) is 0 Å². The summed E-state index contributed by atoms with van der Waals surface area (Å²) in [5.74, 6) is 0.678. The van der Waals surface area contributed by atoms with Crippen LogP contribution in [0, 0.1) is 27.7 Å². The standard InChI is InChI=1S/C33H36O2/c1-6-7-8-29(30-11-9-27(34)19-32(30)25-15-21(2)13-22(3)16-25)31-12-10-28(35)20-33(31)26-17-23(4)14-24(5)18-26/h9-20,29,34-35H,6-8H2,1-5H3. The van der Waals surface area contributed by atoms with Crippen LogP contribution in [0.1, 0.15) is 65.5 Å². The highest BCUT2D eigenvalue weighted by Gasteiger charge is 2.23. The molecule has 0 heterocycles. The lowest BCUT2D eigenvalue weighted by molar-refractivity contribution is 0.475. The van der Waals surface area contributed by atoms with E-state index < -0.39 is 0 Å². The van der Waals surface area contributed by atoms with E-state index in [1.165, 1.54) is 33.4 Å². The van der Waals surface area contributed by atoms with Crippen molar-refractivity contribution in [2.45, 2.75) is 59.8 Å². The molecular weight excluding hydrogens is 428 g/mol. The number of phenolic OH excluding ortho intramolecular Hbond substituents is 2. The second kappa shape index (κ2) is 10.4. The van der Waals surface area contributed by atoms with E-state index in [9.17, 15) is 10.2 Å². The summed E-state index contributed by atoms with van der Waals surface area (Å²) in [6, 6.07) is 24.7. The zero-order chi connectivity index (χ0) is 25.1. The summed E-state index contributed by atoms with van der Waals surface area (Å²) in [4.78, 5) is 0. The monoisotopic (exact) mass is 464 g/mol. The molecule has 4 aromatic carbocycles. The van der Waals surface area contributed by atoms with Gasteiger partial charge in [-0.2, -0.15) is 0 Å². The van der Waals surface area contributed by atoms with E-state index in [-0.39, 0.29) is 17.4 Å². The molecule has 4 rings (SSSR count). The minimum atomic E-state index is 0.128. The molecule has 2 N–H and O–H groups in total. The molecule has 0 saturated carbocycles. The van der Waals surface area contributed by atoms with Crippen LogP contribution in [0.4, 0.5) is 0 Å². The fourth-order valence-electron chi connectivity index (χ4n) is 5.34. The van der Waals surface area contributed by atoms with Crippen LogP contribution in [0.15, 0.2) is 72.8 Å². The Labute approximate surface area is 209 Å². The van der Waals surface area contributed by atoms with Crippen molar-refractivity contribution in [3.05, 3.63) is 106 Å². The summed E-state index contributed by atoms with van der Waals surface area (Å²) in [6.45, 7) is 10.7. The molecule has 0 radical (unpaired) electrons. The predicted molar refractivity (Wildman–Crippen MR) is 147 cm³/mol. The molecular formula is C33H36O2. The third kappa shape index (κ3) is 5.59. The fraction of sp³-hybridized carbons (Fsp3) is 0.273. The fourth-order valence-corrected chi connectivity index (χ4v) is 5.34. The summed E-state index contributed by atoms with van der Waals surface area (Å²) >= 11 is 0.